The first kappa shape index (κ1) is 13.5. The summed E-state index contributed by atoms with van der Waals surface area (Å²) in [5.41, 5.74) is 0. The number of halogens is 1. The van der Waals surface area contributed by atoms with E-state index < -0.39 is 18.1 Å². The molecular weight excluding hydrogens is 223 g/mol. The maximum atomic E-state index is 12.8. The molecule has 1 aromatic rings. The molecule has 4 heteroatoms. The predicted octanol–water partition coefficient (Wildman–Crippen LogP) is 3.40. The summed E-state index contributed by atoms with van der Waals surface area (Å²) in [6, 6.07) is 5.30. The molecule has 0 aliphatic rings. The van der Waals surface area contributed by atoms with Crippen LogP contribution in [0, 0.1) is 25.1 Å². The van der Waals surface area contributed by atoms with Crippen molar-refractivity contribution in [3.05, 3.63) is 43.4 Å². The van der Waals surface area contributed by atoms with Crippen LogP contribution in [0.2, 0.25) is 0 Å². The van der Waals surface area contributed by atoms with Gasteiger partial charge in [0.25, 0.3) is 0 Å². The molecule has 2 radical (unpaired) electrons. The molecule has 0 aliphatic heterocycles. The highest BCUT2D eigenvalue weighted by molar-refractivity contribution is 5.64. The molecule has 0 saturated carbocycles. The molecule has 3 nitrogen and oxygen atoms in total. The first-order valence-corrected chi connectivity index (χ1v) is 5.29. The average molecular weight is 238 g/mol. The van der Waals surface area contributed by atoms with E-state index in [-0.39, 0.29) is 11.7 Å². The van der Waals surface area contributed by atoms with Gasteiger partial charge in [0.15, 0.2) is 0 Å². The van der Waals surface area contributed by atoms with Crippen LogP contribution in [0.1, 0.15) is 13.8 Å². The lowest BCUT2D eigenvalue weighted by Crippen LogP contribution is -2.20. The molecule has 0 aliphatic carbocycles. The molecule has 0 heterocycles. The lowest BCUT2D eigenvalue weighted by molar-refractivity contribution is 0.0747. The minimum atomic E-state index is -0.861. The van der Waals surface area contributed by atoms with E-state index in [1.54, 1.807) is 13.3 Å². The van der Waals surface area contributed by atoms with E-state index in [1.807, 2.05) is 6.92 Å². The highest BCUT2D eigenvalue weighted by Crippen LogP contribution is 2.14. The Kier molecular flexibility index (Phi) is 4.94. The summed E-state index contributed by atoms with van der Waals surface area (Å²) in [5, 5.41) is 0. The van der Waals surface area contributed by atoms with Crippen LogP contribution in [0.3, 0.4) is 0 Å². The third-order valence-corrected chi connectivity index (χ3v) is 1.88. The van der Waals surface area contributed by atoms with Crippen LogP contribution in [-0.4, -0.2) is 12.3 Å². The van der Waals surface area contributed by atoms with E-state index >= 15 is 0 Å². The molecule has 0 bridgehead atoms. The topological polar surface area (TPSA) is 35.5 Å². The molecule has 17 heavy (non-hydrogen) atoms. The van der Waals surface area contributed by atoms with Crippen LogP contribution < -0.4 is 4.74 Å². The standard InChI is InChI=1S/C13H15FO3/c1-9(2)7-10(3)16-13(15)17-12-6-4-5-11(14)8-12/h4-10H,1H2,2-3H3/t9?,10-/m1/s1. The third kappa shape index (κ3) is 5.33. The maximum absolute atomic E-state index is 12.8. The Morgan fingerprint density at radius 2 is 2.18 bits per heavy atom. The number of carbonyl (C=O) groups excluding carboxylic acids is 1. The highest BCUT2D eigenvalue weighted by Gasteiger charge is 2.13. The molecule has 92 valence electrons. The summed E-state index contributed by atoms with van der Waals surface area (Å²) < 4.78 is 22.5. The van der Waals surface area contributed by atoms with Crippen molar-refractivity contribution in [2.45, 2.75) is 20.0 Å². The fraction of sp³-hybridized carbons (Fsp3) is 0.308. The van der Waals surface area contributed by atoms with Gasteiger partial charge in [-0.15, -0.1) is 0 Å². The molecule has 0 amide bonds. The van der Waals surface area contributed by atoms with Crippen molar-refractivity contribution in [3.63, 3.8) is 0 Å². The van der Waals surface area contributed by atoms with E-state index in [0.717, 1.165) is 6.07 Å². The Hall–Kier alpha value is -1.58. The van der Waals surface area contributed by atoms with E-state index in [2.05, 4.69) is 6.92 Å². The molecule has 2 atom stereocenters. The van der Waals surface area contributed by atoms with E-state index in [1.165, 1.54) is 18.2 Å². The molecule has 0 spiro atoms. The van der Waals surface area contributed by atoms with Gasteiger partial charge in [-0.05, 0) is 25.0 Å². The second-order valence-corrected chi connectivity index (χ2v) is 3.80. The molecular formula is C13H15FO3. The number of hydrogen-bond donors (Lipinski definition) is 0. The first-order valence-electron chi connectivity index (χ1n) is 5.29. The van der Waals surface area contributed by atoms with Crippen molar-refractivity contribution >= 4 is 6.16 Å². The summed E-state index contributed by atoms with van der Waals surface area (Å²) in [5.74, 6) is -0.293. The summed E-state index contributed by atoms with van der Waals surface area (Å²) in [4.78, 5) is 11.3. The highest BCUT2D eigenvalue weighted by atomic mass is 19.1. The fourth-order valence-electron chi connectivity index (χ4n) is 1.30. The summed E-state index contributed by atoms with van der Waals surface area (Å²) in [6.45, 7) is 7.32. The molecule has 0 fully saturated rings. The zero-order chi connectivity index (χ0) is 12.8. The van der Waals surface area contributed by atoms with Gasteiger partial charge in [-0.2, -0.15) is 0 Å². The largest absolute Gasteiger partial charge is 0.514 e. The van der Waals surface area contributed by atoms with Crippen molar-refractivity contribution in [2.75, 3.05) is 0 Å². The monoisotopic (exact) mass is 238 g/mol. The molecule has 1 aromatic carbocycles. The summed E-state index contributed by atoms with van der Waals surface area (Å²) >= 11 is 0. The third-order valence-electron chi connectivity index (χ3n) is 1.88. The van der Waals surface area contributed by atoms with E-state index in [4.69, 9.17) is 9.47 Å². The lowest BCUT2D eigenvalue weighted by atomic mass is 10.1. The smallest absolute Gasteiger partial charge is 0.431 e. The summed E-state index contributed by atoms with van der Waals surface area (Å²) in [7, 11) is 0. The number of carbonyl (C=O) groups is 1. The van der Waals surface area contributed by atoms with Gasteiger partial charge in [-0.1, -0.05) is 19.9 Å². The van der Waals surface area contributed by atoms with Crippen molar-refractivity contribution in [1.82, 2.24) is 0 Å². The molecule has 1 unspecified atom stereocenters. The Morgan fingerprint density at radius 1 is 1.47 bits per heavy atom. The molecule has 1 rings (SSSR count). The molecule has 0 N–H and O–H groups in total. The Balaban J connectivity index is 2.44. The van der Waals surface area contributed by atoms with Crippen molar-refractivity contribution in [3.8, 4) is 5.75 Å². The number of rotatable bonds is 4. The van der Waals surface area contributed by atoms with Gasteiger partial charge in [0, 0.05) is 12.5 Å². The minimum Gasteiger partial charge on any atom is -0.431 e. The van der Waals surface area contributed by atoms with Crippen molar-refractivity contribution in [1.29, 1.82) is 0 Å². The zero-order valence-corrected chi connectivity index (χ0v) is 9.85. The fourth-order valence-corrected chi connectivity index (χ4v) is 1.30. The zero-order valence-electron chi connectivity index (χ0n) is 9.85. The number of ether oxygens (including phenoxy) is 2. The second-order valence-electron chi connectivity index (χ2n) is 3.80. The summed E-state index contributed by atoms with van der Waals surface area (Å²) in [6.07, 6.45) is 0.496. The molecule has 0 saturated heterocycles. The lowest BCUT2D eigenvalue weighted by Gasteiger charge is -2.14. The van der Waals surface area contributed by atoms with Crippen LogP contribution in [0.4, 0.5) is 9.18 Å². The predicted molar refractivity (Wildman–Crippen MR) is 61.8 cm³/mol. The van der Waals surface area contributed by atoms with Gasteiger partial charge >= 0.3 is 6.16 Å². The molecule has 0 aromatic heterocycles. The van der Waals surface area contributed by atoms with Gasteiger partial charge in [0.2, 0.25) is 0 Å². The van der Waals surface area contributed by atoms with Gasteiger partial charge in [-0.3, -0.25) is 0 Å². The van der Waals surface area contributed by atoms with E-state index in [9.17, 15) is 9.18 Å². The van der Waals surface area contributed by atoms with Gasteiger partial charge in [0.05, 0.1) is 0 Å². The Labute approximate surface area is 101 Å². The van der Waals surface area contributed by atoms with Crippen LogP contribution in [0.15, 0.2) is 24.3 Å². The van der Waals surface area contributed by atoms with Crippen molar-refractivity contribution < 1.29 is 18.7 Å². The normalized spacial score (nSPS) is 12.3. The quantitative estimate of drug-likeness (QED) is 0.595. The SMILES string of the molecule is [CH2]C(C)[CH][C@@H](C)OC(=O)Oc1cccc(F)c1. The number of benzene rings is 1. The van der Waals surface area contributed by atoms with E-state index in [0.29, 0.717) is 0 Å². The second kappa shape index (κ2) is 6.23. The average Bonchev–Trinajstić information content (AvgIpc) is 2.14. The van der Waals surface area contributed by atoms with Crippen LogP contribution in [0.5, 0.6) is 5.75 Å². The first-order chi connectivity index (χ1) is 7.97. The van der Waals surface area contributed by atoms with Crippen molar-refractivity contribution in [2.24, 2.45) is 5.92 Å². The van der Waals surface area contributed by atoms with Crippen LogP contribution in [-0.2, 0) is 4.74 Å². The van der Waals surface area contributed by atoms with Crippen LogP contribution in [0.25, 0.3) is 0 Å². The van der Waals surface area contributed by atoms with Gasteiger partial charge in [0.1, 0.15) is 17.7 Å². The van der Waals surface area contributed by atoms with Gasteiger partial charge < -0.3 is 9.47 Å². The minimum absolute atomic E-state index is 0.0620. The Morgan fingerprint density at radius 3 is 2.76 bits per heavy atom. The maximum Gasteiger partial charge on any atom is 0.514 e. The number of hydrogen-bond acceptors (Lipinski definition) is 3. The van der Waals surface area contributed by atoms with Crippen LogP contribution >= 0.6 is 0 Å². The Bertz CT molecular complexity index is 377. The van der Waals surface area contributed by atoms with Gasteiger partial charge in [-0.25, -0.2) is 9.18 Å².